The number of hydrogen-bond donors (Lipinski definition) is 2. The predicted octanol–water partition coefficient (Wildman–Crippen LogP) is 2.32. The Kier molecular flexibility index (Phi) is 4.35. The molecule has 1 amide bonds. The number of nitrogens with two attached hydrogens (primary N) is 1. The molecule has 0 unspecified atom stereocenters. The quantitative estimate of drug-likeness (QED) is 0.910. The largest absolute Gasteiger partial charge is 0.349 e. The van der Waals surface area contributed by atoms with E-state index in [2.05, 4.69) is 29.2 Å². The molecular formula is C17H25N5O. The molecule has 2 heterocycles. The first kappa shape index (κ1) is 15.9. The van der Waals surface area contributed by atoms with Crippen molar-refractivity contribution in [3.05, 3.63) is 23.5 Å². The van der Waals surface area contributed by atoms with E-state index in [9.17, 15) is 4.79 Å². The molecule has 6 nitrogen and oxygen atoms in total. The third kappa shape index (κ3) is 3.22. The summed E-state index contributed by atoms with van der Waals surface area (Å²) in [4.78, 5) is 17.3. The van der Waals surface area contributed by atoms with Gasteiger partial charge in [0.1, 0.15) is 0 Å². The van der Waals surface area contributed by atoms with Crippen molar-refractivity contribution in [2.24, 2.45) is 5.73 Å². The van der Waals surface area contributed by atoms with Crippen LogP contribution in [0.4, 0.5) is 0 Å². The minimum Gasteiger partial charge on any atom is -0.349 e. The van der Waals surface area contributed by atoms with Crippen molar-refractivity contribution in [2.45, 2.75) is 64.6 Å². The van der Waals surface area contributed by atoms with Crippen LogP contribution in [0.3, 0.4) is 0 Å². The molecular weight excluding hydrogens is 290 g/mol. The second-order valence-electron chi connectivity index (χ2n) is 6.82. The van der Waals surface area contributed by atoms with Crippen LogP contribution in [0.15, 0.2) is 12.3 Å². The molecule has 1 saturated carbocycles. The summed E-state index contributed by atoms with van der Waals surface area (Å²) in [6, 6.07) is 2.55. The Morgan fingerprint density at radius 2 is 2.04 bits per heavy atom. The van der Waals surface area contributed by atoms with E-state index in [-0.39, 0.29) is 24.0 Å². The van der Waals surface area contributed by atoms with Gasteiger partial charge in [-0.25, -0.2) is 9.67 Å². The molecule has 1 aliphatic carbocycles. The van der Waals surface area contributed by atoms with Crippen molar-refractivity contribution >= 4 is 16.9 Å². The number of nitrogens with one attached hydrogen (secondary N) is 1. The Balaban J connectivity index is 1.88. The first-order chi connectivity index (χ1) is 11.0. The smallest absolute Gasteiger partial charge is 0.252 e. The van der Waals surface area contributed by atoms with Crippen molar-refractivity contribution < 1.29 is 4.79 Å². The predicted molar refractivity (Wildman–Crippen MR) is 90.3 cm³/mol. The number of fused-ring (bicyclic) bond motifs is 1. The van der Waals surface area contributed by atoms with Crippen LogP contribution in [-0.4, -0.2) is 32.8 Å². The highest BCUT2D eigenvalue weighted by atomic mass is 16.1. The standard InChI is InChI=1S/C17H25N5O/c1-10(2)22-16-15(9-19-22)14(8-11(3)20-16)17(23)21-13-6-4-12(18)5-7-13/h8-10,12-13H,4-7,18H2,1-3H3,(H,21,23). The Morgan fingerprint density at radius 1 is 1.35 bits per heavy atom. The van der Waals surface area contributed by atoms with Gasteiger partial charge in [0.2, 0.25) is 0 Å². The molecule has 6 heteroatoms. The number of carbonyl (C=O) groups is 1. The summed E-state index contributed by atoms with van der Waals surface area (Å²) < 4.78 is 1.86. The number of hydrogen-bond acceptors (Lipinski definition) is 4. The van der Waals surface area contributed by atoms with Crippen LogP contribution in [0.25, 0.3) is 11.0 Å². The van der Waals surface area contributed by atoms with Crippen LogP contribution in [0.2, 0.25) is 0 Å². The van der Waals surface area contributed by atoms with Gasteiger partial charge < -0.3 is 11.1 Å². The fourth-order valence-corrected chi connectivity index (χ4v) is 3.24. The van der Waals surface area contributed by atoms with E-state index in [0.717, 1.165) is 42.4 Å². The molecule has 3 rings (SSSR count). The van der Waals surface area contributed by atoms with E-state index < -0.39 is 0 Å². The van der Waals surface area contributed by atoms with E-state index in [1.54, 1.807) is 6.20 Å². The maximum absolute atomic E-state index is 12.7. The molecule has 23 heavy (non-hydrogen) atoms. The molecule has 0 saturated heterocycles. The highest BCUT2D eigenvalue weighted by Gasteiger charge is 2.22. The van der Waals surface area contributed by atoms with E-state index in [1.165, 1.54) is 0 Å². The summed E-state index contributed by atoms with van der Waals surface area (Å²) in [7, 11) is 0. The molecule has 0 atom stereocenters. The van der Waals surface area contributed by atoms with Gasteiger partial charge in [-0.2, -0.15) is 5.10 Å². The minimum atomic E-state index is -0.0377. The molecule has 124 valence electrons. The number of carbonyl (C=O) groups excluding carboxylic acids is 1. The number of nitrogens with zero attached hydrogens (tertiary/aromatic N) is 3. The number of aromatic nitrogens is 3. The zero-order valence-electron chi connectivity index (χ0n) is 14.0. The van der Waals surface area contributed by atoms with Crippen LogP contribution < -0.4 is 11.1 Å². The number of pyridine rings is 1. The van der Waals surface area contributed by atoms with E-state index in [4.69, 9.17) is 5.73 Å². The van der Waals surface area contributed by atoms with Gasteiger partial charge in [-0.3, -0.25) is 4.79 Å². The van der Waals surface area contributed by atoms with Gasteiger partial charge in [-0.15, -0.1) is 0 Å². The summed E-state index contributed by atoms with van der Waals surface area (Å²) in [6.45, 7) is 6.02. The van der Waals surface area contributed by atoms with Gasteiger partial charge in [0.25, 0.3) is 5.91 Å². The van der Waals surface area contributed by atoms with Gasteiger partial charge >= 0.3 is 0 Å². The van der Waals surface area contributed by atoms with Gasteiger partial charge in [0.05, 0.1) is 17.1 Å². The topological polar surface area (TPSA) is 85.8 Å². The molecule has 2 aromatic rings. The third-order valence-corrected chi connectivity index (χ3v) is 4.54. The third-order valence-electron chi connectivity index (χ3n) is 4.54. The second kappa shape index (κ2) is 6.28. The molecule has 0 aromatic carbocycles. The number of aryl methyl sites for hydroxylation is 1. The van der Waals surface area contributed by atoms with Crippen LogP contribution in [0.1, 0.15) is 61.6 Å². The van der Waals surface area contributed by atoms with Crippen LogP contribution in [-0.2, 0) is 0 Å². The fourth-order valence-electron chi connectivity index (χ4n) is 3.24. The van der Waals surface area contributed by atoms with Crippen LogP contribution >= 0.6 is 0 Å². The van der Waals surface area contributed by atoms with E-state index >= 15 is 0 Å². The Bertz CT molecular complexity index is 713. The summed E-state index contributed by atoms with van der Waals surface area (Å²) in [6.07, 6.45) is 5.59. The second-order valence-corrected chi connectivity index (χ2v) is 6.82. The highest BCUT2D eigenvalue weighted by Crippen LogP contribution is 2.22. The van der Waals surface area contributed by atoms with Gasteiger partial charge in [0.15, 0.2) is 5.65 Å². The minimum absolute atomic E-state index is 0.0377. The van der Waals surface area contributed by atoms with E-state index in [1.807, 2.05) is 17.7 Å². The van der Waals surface area contributed by atoms with Crippen molar-refractivity contribution in [3.63, 3.8) is 0 Å². The average molecular weight is 315 g/mol. The van der Waals surface area contributed by atoms with Crippen LogP contribution in [0.5, 0.6) is 0 Å². The molecule has 1 fully saturated rings. The Labute approximate surface area is 136 Å². The lowest BCUT2D eigenvalue weighted by Crippen LogP contribution is -2.40. The molecule has 3 N–H and O–H groups in total. The molecule has 0 bridgehead atoms. The molecule has 0 aliphatic heterocycles. The van der Waals surface area contributed by atoms with Crippen molar-refractivity contribution in [2.75, 3.05) is 0 Å². The lowest BCUT2D eigenvalue weighted by atomic mass is 9.91. The normalized spacial score (nSPS) is 21.8. The number of amides is 1. The molecule has 2 aromatic heterocycles. The summed E-state index contributed by atoms with van der Waals surface area (Å²) in [5, 5.41) is 8.36. The molecule has 0 radical (unpaired) electrons. The van der Waals surface area contributed by atoms with Crippen molar-refractivity contribution in [1.82, 2.24) is 20.1 Å². The maximum atomic E-state index is 12.7. The fraction of sp³-hybridized carbons (Fsp3) is 0.588. The summed E-state index contributed by atoms with van der Waals surface area (Å²) in [5.74, 6) is -0.0377. The zero-order valence-corrected chi connectivity index (χ0v) is 14.0. The van der Waals surface area contributed by atoms with Gasteiger partial charge in [-0.05, 0) is 52.5 Å². The Morgan fingerprint density at radius 3 is 2.70 bits per heavy atom. The first-order valence-electron chi connectivity index (χ1n) is 8.37. The van der Waals surface area contributed by atoms with E-state index in [0.29, 0.717) is 5.56 Å². The summed E-state index contributed by atoms with van der Waals surface area (Å²) in [5.41, 5.74) is 8.20. The molecule has 0 spiro atoms. The number of rotatable bonds is 3. The van der Waals surface area contributed by atoms with Crippen molar-refractivity contribution in [1.29, 1.82) is 0 Å². The zero-order chi connectivity index (χ0) is 16.6. The SMILES string of the molecule is Cc1cc(C(=O)NC2CCC(N)CC2)c2cnn(C(C)C)c2n1. The molecule has 1 aliphatic rings. The van der Waals surface area contributed by atoms with Crippen LogP contribution in [0, 0.1) is 6.92 Å². The summed E-state index contributed by atoms with van der Waals surface area (Å²) >= 11 is 0. The maximum Gasteiger partial charge on any atom is 0.252 e. The van der Waals surface area contributed by atoms with Gasteiger partial charge in [0, 0.05) is 23.8 Å². The lowest BCUT2D eigenvalue weighted by molar-refractivity contribution is 0.0927. The van der Waals surface area contributed by atoms with Crippen molar-refractivity contribution in [3.8, 4) is 0 Å². The lowest BCUT2D eigenvalue weighted by Gasteiger charge is -2.26. The van der Waals surface area contributed by atoms with Gasteiger partial charge in [-0.1, -0.05) is 0 Å². The first-order valence-corrected chi connectivity index (χ1v) is 8.37. The Hall–Kier alpha value is -1.95. The highest BCUT2D eigenvalue weighted by molar-refractivity contribution is 6.05. The monoisotopic (exact) mass is 315 g/mol. The average Bonchev–Trinajstić information content (AvgIpc) is 2.92.